The molecule has 1 aromatic rings. The summed E-state index contributed by atoms with van der Waals surface area (Å²) in [5, 5.41) is 8.99. The molecule has 0 unspecified atom stereocenters. The van der Waals surface area contributed by atoms with E-state index < -0.39 is 18.5 Å². The summed E-state index contributed by atoms with van der Waals surface area (Å²) < 4.78 is 15.8. The lowest BCUT2D eigenvalue weighted by atomic mass is 9.75. The highest BCUT2D eigenvalue weighted by molar-refractivity contribution is 5.77. The zero-order chi connectivity index (χ0) is 19.8. The third-order valence-electron chi connectivity index (χ3n) is 4.95. The number of para-hydroxylation sites is 1. The van der Waals surface area contributed by atoms with Crippen LogP contribution in [0.3, 0.4) is 0 Å². The molecule has 3 atom stereocenters. The molecule has 1 aliphatic carbocycles. The maximum absolute atomic E-state index is 12.1. The molecule has 27 heavy (non-hydrogen) atoms. The second-order valence-corrected chi connectivity index (χ2v) is 7.41. The Morgan fingerprint density at radius 3 is 2.63 bits per heavy atom. The van der Waals surface area contributed by atoms with Crippen LogP contribution < -0.4 is 4.74 Å². The summed E-state index contributed by atoms with van der Waals surface area (Å²) in [7, 11) is 0. The highest BCUT2D eigenvalue weighted by Gasteiger charge is 2.33. The zero-order valence-electron chi connectivity index (χ0n) is 16.1. The Morgan fingerprint density at radius 2 is 1.93 bits per heavy atom. The number of esters is 2. The van der Waals surface area contributed by atoms with Gasteiger partial charge in [0.25, 0.3) is 0 Å². The summed E-state index contributed by atoms with van der Waals surface area (Å²) >= 11 is 0. The number of nitriles is 1. The molecule has 1 aliphatic rings. The summed E-state index contributed by atoms with van der Waals surface area (Å²) in [5.74, 6) is 0.380. The number of benzene rings is 1. The minimum atomic E-state index is -0.683. The van der Waals surface area contributed by atoms with Gasteiger partial charge in [0, 0.05) is 0 Å². The lowest BCUT2D eigenvalue weighted by molar-refractivity contribution is -0.167. The SMILES string of the molecule is CC(C)[C@H]1CC[C@H](C)C[C@H]1OC(=O)COC(=O)COc1ccccc1C#N. The van der Waals surface area contributed by atoms with Gasteiger partial charge in [-0.1, -0.05) is 39.3 Å². The molecule has 0 radical (unpaired) electrons. The van der Waals surface area contributed by atoms with Gasteiger partial charge in [0.05, 0.1) is 5.56 Å². The van der Waals surface area contributed by atoms with Gasteiger partial charge in [-0.05, 0) is 42.7 Å². The quantitative estimate of drug-likeness (QED) is 0.680. The standard InChI is InChI=1S/C21H27NO5/c1-14(2)17-9-8-15(3)10-19(17)27-21(24)13-26-20(23)12-25-18-7-5-4-6-16(18)11-22/h4-7,14-15,17,19H,8-10,12-13H2,1-3H3/t15-,17+,19+/m0/s1. The van der Waals surface area contributed by atoms with E-state index in [0.29, 0.717) is 29.1 Å². The number of carbonyl (C=O) groups is 2. The van der Waals surface area contributed by atoms with E-state index in [1.54, 1.807) is 24.3 Å². The number of hydrogen-bond donors (Lipinski definition) is 0. The van der Waals surface area contributed by atoms with Crippen molar-refractivity contribution in [2.45, 2.75) is 46.1 Å². The molecule has 0 spiro atoms. The van der Waals surface area contributed by atoms with Gasteiger partial charge in [0.15, 0.2) is 13.2 Å². The molecular formula is C21H27NO5. The molecule has 6 nitrogen and oxygen atoms in total. The van der Waals surface area contributed by atoms with Crippen molar-refractivity contribution in [2.24, 2.45) is 17.8 Å². The van der Waals surface area contributed by atoms with Crippen LogP contribution in [0.2, 0.25) is 0 Å². The van der Waals surface area contributed by atoms with E-state index in [9.17, 15) is 9.59 Å². The molecule has 0 heterocycles. The van der Waals surface area contributed by atoms with Crippen molar-refractivity contribution < 1.29 is 23.8 Å². The Kier molecular flexibility index (Phi) is 7.66. The van der Waals surface area contributed by atoms with Crippen LogP contribution in [0.25, 0.3) is 0 Å². The first-order valence-electron chi connectivity index (χ1n) is 9.37. The molecule has 1 saturated carbocycles. The highest BCUT2D eigenvalue weighted by Crippen LogP contribution is 2.35. The summed E-state index contributed by atoms with van der Waals surface area (Å²) in [4.78, 5) is 23.9. The van der Waals surface area contributed by atoms with Crippen molar-refractivity contribution in [1.29, 1.82) is 5.26 Å². The predicted molar refractivity (Wildman–Crippen MR) is 98.8 cm³/mol. The normalized spacial score (nSPS) is 22.0. The molecule has 1 aromatic carbocycles. The third-order valence-corrected chi connectivity index (χ3v) is 4.95. The largest absolute Gasteiger partial charge is 0.481 e. The van der Waals surface area contributed by atoms with Crippen molar-refractivity contribution in [2.75, 3.05) is 13.2 Å². The van der Waals surface area contributed by atoms with Crippen LogP contribution in [0, 0.1) is 29.1 Å². The molecule has 2 rings (SSSR count). The Morgan fingerprint density at radius 1 is 1.19 bits per heavy atom. The number of hydrogen-bond acceptors (Lipinski definition) is 6. The second-order valence-electron chi connectivity index (χ2n) is 7.41. The van der Waals surface area contributed by atoms with Crippen LogP contribution in [-0.4, -0.2) is 31.3 Å². The predicted octanol–water partition coefficient (Wildman–Crippen LogP) is 3.48. The smallest absolute Gasteiger partial charge is 0.344 e. The van der Waals surface area contributed by atoms with E-state index in [4.69, 9.17) is 19.5 Å². The second kappa shape index (κ2) is 9.96. The van der Waals surface area contributed by atoms with Crippen molar-refractivity contribution in [3.05, 3.63) is 29.8 Å². The van der Waals surface area contributed by atoms with Crippen LogP contribution in [0.5, 0.6) is 5.75 Å². The van der Waals surface area contributed by atoms with Crippen molar-refractivity contribution in [3.63, 3.8) is 0 Å². The lowest BCUT2D eigenvalue weighted by Gasteiger charge is -2.36. The van der Waals surface area contributed by atoms with Gasteiger partial charge in [0.2, 0.25) is 0 Å². The molecule has 0 amide bonds. The fourth-order valence-corrected chi connectivity index (χ4v) is 3.46. The van der Waals surface area contributed by atoms with E-state index in [2.05, 4.69) is 20.8 Å². The summed E-state index contributed by atoms with van der Waals surface area (Å²) in [6.45, 7) is 5.63. The van der Waals surface area contributed by atoms with Gasteiger partial charge < -0.3 is 14.2 Å². The van der Waals surface area contributed by atoms with Crippen molar-refractivity contribution in [3.8, 4) is 11.8 Å². The molecule has 0 aliphatic heterocycles. The highest BCUT2D eigenvalue weighted by atomic mass is 16.6. The van der Waals surface area contributed by atoms with E-state index in [1.165, 1.54) is 0 Å². The van der Waals surface area contributed by atoms with Gasteiger partial charge in [-0.25, -0.2) is 9.59 Å². The minimum absolute atomic E-state index is 0.126. The van der Waals surface area contributed by atoms with Gasteiger partial charge in [-0.2, -0.15) is 5.26 Å². The van der Waals surface area contributed by atoms with E-state index in [1.807, 2.05) is 6.07 Å². The average Bonchev–Trinajstić information content (AvgIpc) is 2.64. The number of ether oxygens (including phenoxy) is 3. The van der Waals surface area contributed by atoms with Crippen LogP contribution >= 0.6 is 0 Å². The summed E-state index contributed by atoms with van der Waals surface area (Å²) in [6.07, 6.45) is 2.91. The van der Waals surface area contributed by atoms with Crippen LogP contribution in [-0.2, 0) is 19.1 Å². The van der Waals surface area contributed by atoms with Crippen LogP contribution in [0.15, 0.2) is 24.3 Å². The summed E-state index contributed by atoms with van der Waals surface area (Å²) in [5.41, 5.74) is 0.329. The van der Waals surface area contributed by atoms with Crippen molar-refractivity contribution in [1.82, 2.24) is 0 Å². The first-order valence-corrected chi connectivity index (χ1v) is 9.37. The molecule has 0 aromatic heterocycles. The fraction of sp³-hybridized carbons (Fsp3) is 0.571. The average molecular weight is 373 g/mol. The lowest BCUT2D eigenvalue weighted by Crippen LogP contribution is -2.37. The van der Waals surface area contributed by atoms with E-state index >= 15 is 0 Å². The molecule has 0 saturated heterocycles. The monoisotopic (exact) mass is 373 g/mol. The first kappa shape index (κ1) is 20.8. The first-order chi connectivity index (χ1) is 12.9. The van der Waals surface area contributed by atoms with Gasteiger partial charge in [-0.15, -0.1) is 0 Å². The Hall–Kier alpha value is -2.55. The maximum Gasteiger partial charge on any atom is 0.344 e. The molecule has 146 valence electrons. The van der Waals surface area contributed by atoms with Gasteiger partial charge in [-0.3, -0.25) is 0 Å². The Bertz CT molecular complexity index is 694. The fourth-order valence-electron chi connectivity index (χ4n) is 3.46. The van der Waals surface area contributed by atoms with Crippen LogP contribution in [0.4, 0.5) is 0 Å². The molecular weight excluding hydrogens is 346 g/mol. The zero-order valence-corrected chi connectivity index (χ0v) is 16.1. The van der Waals surface area contributed by atoms with Crippen molar-refractivity contribution >= 4 is 11.9 Å². The topological polar surface area (TPSA) is 85.6 Å². The number of carbonyl (C=O) groups excluding carboxylic acids is 2. The maximum atomic E-state index is 12.1. The molecule has 0 bridgehead atoms. The number of rotatable bonds is 7. The Labute approximate surface area is 160 Å². The molecule has 6 heteroatoms. The van der Waals surface area contributed by atoms with Gasteiger partial charge in [0.1, 0.15) is 17.9 Å². The van der Waals surface area contributed by atoms with E-state index in [-0.39, 0.29) is 12.7 Å². The Balaban J connectivity index is 1.77. The minimum Gasteiger partial charge on any atom is -0.481 e. The number of nitrogens with zero attached hydrogens (tertiary/aromatic N) is 1. The van der Waals surface area contributed by atoms with Crippen LogP contribution in [0.1, 0.15) is 45.6 Å². The van der Waals surface area contributed by atoms with Gasteiger partial charge >= 0.3 is 11.9 Å². The molecule has 0 N–H and O–H groups in total. The summed E-state index contributed by atoms with van der Waals surface area (Å²) in [6, 6.07) is 8.57. The molecule has 1 fully saturated rings. The van der Waals surface area contributed by atoms with E-state index in [0.717, 1.165) is 19.3 Å². The third kappa shape index (κ3) is 6.28.